The average molecular weight is 573 g/mol. The zero-order valence-corrected chi connectivity index (χ0v) is 23.9. The monoisotopic (exact) mass is 572 g/mol. The number of carbonyl (C=O) groups is 4. The molecule has 3 aromatic carbocycles. The van der Waals surface area contributed by atoms with Crippen molar-refractivity contribution in [3.05, 3.63) is 95.6 Å². The topological polar surface area (TPSA) is 149 Å². The molecule has 220 valence electrons. The first-order chi connectivity index (χ1) is 20.0. The minimum atomic E-state index is -1.29. The first-order valence-electron chi connectivity index (χ1n) is 13.7. The number of hydrogen-bond donors (Lipinski definition) is 4. The Morgan fingerprint density at radius 1 is 0.786 bits per heavy atom. The van der Waals surface area contributed by atoms with Gasteiger partial charge in [0.15, 0.2) is 0 Å². The normalized spacial score (nSPS) is 13.6. The van der Waals surface area contributed by atoms with E-state index in [1.54, 1.807) is 32.9 Å². The highest BCUT2D eigenvalue weighted by molar-refractivity contribution is 5.91. The molecule has 0 radical (unpaired) electrons. The Kier molecular flexibility index (Phi) is 9.46. The van der Waals surface area contributed by atoms with Crippen molar-refractivity contribution in [2.45, 2.75) is 50.8 Å². The van der Waals surface area contributed by atoms with Gasteiger partial charge < -0.3 is 31.2 Å². The molecule has 4 amide bonds. The summed E-state index contributed by atoms with van der Waals surface area (Å²) in [6, 6.07) is 22.6. The Labute approximate surface area is 245 Å². The largest absolute Gasteiger partial charge is 0.449 e. The van der Waals surface area contributed by atoms with E-state index in [9.17, 15) is 19.2 Å². The molecule has 5 N–H and O–H groups in total. The van der Waals surface area contributed by atoms with Crippen molar-refractivity contribution >= 4 is 24.0 Å². The number of nitrogens with one attached hydrogen (secondary N) is 3. The molecular formula is C32H36N4O6. The Balaban J connectivity index is 1.44. The van der Waals surface area contributed by atoms with Crippen molar-refractivity contribution in [2.75, 3.05) is 13.2 Å². The van der Waals surface area contributed by atoms with Crippen molar-refractivity contribution in [1.29, 1.82) is 0 Å². The van der Waals surface area contributed by atoms with Crippen LogP contribution in [0.2, 0.25) is 0 Å². The SMILES string of the molecule is CC(C)(C)OC(=O)NC[C@H](NC(=O)OCC1c2ccccc2-c2ccccc21)C(=O)N[C@@H](Cc1ccccc1)C(N)=O. The van der Waals surface area contributed by atoms with Crippen molar-refractivity contribution in [2.24, 2.45) is 5.73 Å². The molecular weight excluding hydrogens is 536 g/mol. The third kappa shape index (κ3) is 7.87. The molecule has 0 saturated heterocycles. The summed E-state index contributed by atoms with van der Waals surface area (Å²) in [6.45, 7) is 4.82. The van der Waals surface area contributed by atoms with Crippen LogP contribution in [0.5, 0.6) is 0 Å². The van der Waals surface area contributed by atoms with E-state index in [1.807, 2.05) is 66.7 Å². The van der Waals surface area contributed by atoms with Gasteiger partial charge in [-0.15, -0.1) is 0 Å². The fourth-order valence-corrected chi connectivity index (χ4v) is 4.84. The number of nitrogens with two attached hydrogens (primary N) is 1. The van der Waals surface area contributed by atoms with Crippen LogP contribution in [0.15, 0.2) is 78.9 Å². The van der Waals surface area contributed by atoms with Gasteiger partial charge in [-0.2, -0.15) is 0 Å². The van der Waals surface area contributed by atoms with E-state index in [0.29, 0.717) is 0 Å². The minimum absolute atomic E-state index is 0.0333. The molecule has 1 aliphatic rings. The molecule has 2 atom stereocenters. The second-order valence-electron chi connectivity index (χ2n) is 11.1. The van der Waals surface area contributed by atoms with Crippen LogP contribution in [0.3, 0.4) is 0 Å². The van der Waals surface area contributed by atoms with Gasteiger partial charge in [-0.25, -0.2) is 9.59 Å². The molecule has 0 heterocycles. The number of rotatable bonds is 10. The van der Waals surface area contributed by atoms with E-state index in [-0.39, 0.29) is 25.5 Å². The predicted molar refractivity (Wildman–Crippen MR) is 158 cm³/mol. The van der Waals surface area contributed by atoms with Crippen LogP contribution in [0.1, 0.15) is 43.4 Å². The van der Waals surface area contributed by atoms with Gasteiger partial charge in [0.25, 0.3) is 0 Å². The summed E-state index contributed by atoms with van der Waals surface area (Å²) in [5.74, 6) is -1.65. The molecule has 42 heavy (non-hydrogen) atoms. The molecule has 0 aliphatic heterocycles. The van der Waals surface area contributed by atoms with Crippen LogP contribution < -0.4 is 21.7 Å². The molecule has 0 spiro atoms. The number of amides is 4. The number of alkyl carbamates (subject to hydrolysis) is 2. The molecule has 0 bridgehead atoms. The van der Waals surface area contributed by atoms with Crippen molar-refractivity contribution in [3.63, 3.8) is 0 Å². The lowest BCUT2D eigenvalue weighted by molar-refractivity contribution is -0.128. The summed E-state index contributed by atoms with van der Waals surface area (Å²) in [4.78, 5) is 50.7. The fourth-order valence-electron chi connectivity index (χ4n) is 4.84. The molecule has 10 nitrogen and oxygen atoms in total. The number of ether oxygens (including phenoxy) is 2. The van der Waals surface area contributed by atoms with Gasteiger partial charge in [-0.1, -0.05) is 78.9 Å². The summed E-state index contributed by atoms with van der Waals surface area (Å²) >= 11 is 0. The van der Waals surface area contributed by atoms with Crippen molar-refractivity contribution < 1.29 is 28.7 Å². The molecule has 10 heteroatoms. The fraction of sp³-hybridized carbons (Fsp3) is 0.312. The number of fused-ring (bicyclic) bond motifs is 3. The number of benzene rings is 3. The second-order valence-corrected chi connectivity index (χ2v) is 11.1. The third-order valence-corrected chi connectivity index (χ3v) is 6.74. The van der Waals surface area contributed by atoms with Crippen LogP contribution in [0.4, 0.5) is 9.59 Å². The van der Waals surface area contributed by atoms with E-state index in [1.165, 1.54) is 0 Å². The van der Waals surface area contributed by atoms with E-state index in [2.05, 4.69) is 16.0 Å². The van der Waals surface area contributed by atoms with E-state index in [4.69, 9.17) is 15.2 Å². The Morgan fingerprint density at radius 3 is 1.93 bits per heavy atom. The molecule has 4 rings (SSSR count). The standard InChI is InChI=1S/C32H36N4O6/c1-32(2,3)42-30(39)34-18-27(29(38)35-26(28(33)37)17-20-11-5-4-6-12-20)36-31(40)41-19-25-23-15-9-7-13-21(23)22-14-8-10-16-24(22)25/h4-16,25-27H,17-19H2,1-3H3,(H2,33,37)(H,34,39)(H,35,38)(H,36,40)/t26-,27-/m0/s1. The zero-order chi connectivity index (χ0) is 30.3. The van der Waals surface area contributed by atoms with Gasteiger partial charge in [-0.3, -0.25) is 9.59 Å². The molecule has 1 aliphatic carbocycles. The van der Waals surface area contributed by atoms with Gasteiger partial charge >= 0.3 is 12.2 Å². The number of carbonyl (C=O) groups excluding carboxylic acids is 4. The zero-order valence-electron chi connectivity index (χ0n) is 23.9. The van der Waals surface area contributed by atoms with Crippen molar-refractivity contribution in [3.8, 4) is 11.1 Å². The highest BCUT2D eigenvalue weighted by atomic mass is 16.6. The third-order valence-electron chi connectivity index (χ3n) is 6.74. The summed E-state index contributed by atoms with van der Waals surface area (Å²) < 4.78 is 10.8. The van der Waals surface area contributed by atoms with Gasteiger partial charge in [0.2, 0.25) is 11.8 Å². The second kappa shape index (κ2) is 13.2. The Hall–Kier alpha value is -4.86. The molecule has 0 saturated carbocycles. The average Bonchev–Trinajstić information content (AvgIpc) is 3.27. The Morgan fingerprint density at radius 2 is 1.36 bits per heavy atom. The first-order valence-corrected chi connectivity index (χ1v) is 13.7. The summed E-state index contributed by atoms with van der Waals surface area (Å²) in [5.41, 5.74) is 9.82. The molecule has 3 aromatic rings. The van der Waals surface area contributed by atoms with Crippen LogP contribution in [-0.2, 0) is 25.5 Å². The van der Waals surface area contributed by atoms with Crippen LogP contribution >= 0.6 is 0 Å². The highest BCUT2D eigenvalue weighted by Crippen LogP contribution is 2.44. The smallest absolute Gasteiger partial charge is 0.407 e. The summed E-state index contributed by atoms with van der Waals surface area (Å²) in [6.07, 6.45) is -1.48. The lowest BCUT2D eigenvalue weighted by Crippen LogP contribution is -2.57. The molecule has 0 aromatic heterocycles. The van der Waals surface area contributed by atoms with Gasteiger partial charge in [0.05, 0.1) is 6.54 Å². The van der Waals surface area contributed by atoms with Crippen LogP contribution in [0.25, 0.3) is 11.1 Å². The number of hydrogen-bond acceptors (Lipinski definition) is 6. The summed E-state index contributed by atoms with van der Waals surface area (Å²) in [5, 5.41) is 7.60. The van der Waals surface area contributed by atoms with Gasteiger partial charge in [0.1, 0.15) is 24.3 Å². The van der Waals surface area contributed by atoms with Crippen LogP contribution in [-0.4, -0.2) is 54.8 Å². The lowest BCUT2D eigenvalue weighted by Gasteiger charge is -2.24. The van der Waals surface area contributed by atoms with Gasteiger partial charge in [-0.05, 0) is 48.6 Å². The van der Waals surface area contributed by atoms with Gasteiger partial charge in [0, 0.05) is 12.3 Å². The molecule has 0 fully saturated rings. The van der Waals surface area contributed by atoms with E-state index < -0.39 is 41.7 Å². The maximum absolute atomic E-state index is 13.3. The van der Waals surface area contributed by atoms with E-state index in [0.717, 1.165) is 27.8 Å². The Bertz CT molecular complexity index is 1390. The maximum Gasteiger partial charge on any atom is 0.407 e. The molecule has 0 unspecified atom stereocenters. The highest BCUT2D eigenvalue weighted by Gasteiger charge is 2.31. The predicted octanol–water partition coefficient (Wildman–Crippen LogP) is 3.63. The lowest BCUT2D eigenvalue weighted by atomic mass is 9.98. The minimum Gasteiger partial charge on any atom is -0.449 e. The van der Waals surface area contributed by atoms with E-state index >= 15 is 0 Å². The summed E-state index contributed by atoms with van der Waals surface area (Å²) in [7, 11) is 0. The first kappa shape index (κ1) is 30.1. The quantitative estimate of drug-likeness (QED) is 0.292. The maximum atomic E-state index is 13.3. The van der Waals surface area contributed by atoms with Crippen LogP contribution in [0, 0.1) is 0 Å². The number of primary amides is 1. The van der Waals surface area contributed by atoms with Crippen molar-refractivity contribution in [1.82, 2.24) is 16.0 Å².